The van der Waals surface area contributed by atoms with Gasteiger partial charge in [0.15, 0.2) is 0 Å². The van der Waals surface area contributed by atoms with Crippen molar-refractivity contribution in [2.75, 3.05) is 5.32 Å². The fourth-order valence-electron chi connectivity index (χ4n) is 1.41. The lowest BCUT2D eigenvalue weighted by Crippen LogP contribution is -1.93. The van der Waals surface area contributed by atoms with E-state index in [1.54, 1.807) is 6.20 Å². The molecule has 0 bridgehead atoms. The average Bonchev–Trinajstić information content (AvgIpc) is 2.20. The van der Waals surface area contributed by atoms with E-state index < -0.39 is 0 Å². The summed E-state index contributed by atoms with van der Waals surface area (Å²) >= 11 is 9.22. The molecule has 0 amide bonds. The second kappa shape index (κ2) is 4.85. The maximum absolute atomic E-state index is 5.77. The molecule has 16 heavy (non-hydrogen) atoms. The Hall–Kier alpha value is -1.06. The lowest BCUT2D eigenvalue weighted by Gasteiger charge is -2.07. The Morgan fingerprint density at radius 2 is 2.06 bits per heavy atom. The van der Waals surface area contributed by atoms with Crippen LogP contribution in [-0.4, -0.2) is 4.98 Å². The van der Waals surface area contributed by atoms with Crippen LogP contribution in [0.2, 0.25) is 5.02 Å². The SMILES string of the molecule is Cc1cc(Br)cc(Nc2ccc(Cl)cn2)c1. The van der Waals surface area contributed by atoms with Gasteiger partial charge in [-0.1, -0.05) is 27.5 Å². The number of hydrogen-bond acceptors (Lipinski definition) is 2. The predicted molar refractivity (Wildman–Crippen MR) is 71.4 cm³/mol. The Labute approximate surface area is 108 Å². The number of anilines is 2. The number of benzene rings is 1. The Morgan fingerprint density at radius 1 is 1.25 bits per heavy atom. The summed E-state index contributed by atoms with van der Waals surface area (Å²) in [7, 11) is 0. The van der Waals surface area contributed by atoms with Gasteiger partial charge in [0.2, 0.25) is 0 Å². The Bertz CT molecular complexity index is 477. The maximum Gasteiger partial charge on any atom is 0.130 e. The number of rotatable bonds is 2. The summed E-state index contributed by atoms with van der Waals surface area (Å²) in [5, 5.41) is 3.85. The summed E-state index contributed by atoms with van der Waals surface area (Å²) in [5.74, 6) is 0.780. The first-order chi connectivity index (χ1) is 7.63. The van der Waals surface area contributed by atoms with Crippen LogP contribution in [0.25, 0.3) is 0 Å². The number of halogens is 2. The smallest absolute Gasteiger partial charge is 0.130 e. The van der Waals surface area contributed by atoms with Crippen LogP contribution in [0, 0.1) is 6.92 Å². The lowest BCUT2D eigenvalue weighted by atomic mass is 10.2. The molecule has 0 saturated heterocycles. The van der Waals surface area contributed by atoms with Gasteiger partial charge in [-0.2, -0.15) is 0 Å². The van der Waals surface area contributed by atoms with Gasteiger partial charge in [-0.25, -0.2) is 4.98 Å². The molecule has 0 saturated carbocycles. The number of pyridine rings is 1. The van der Waals surface area contributed by atoms with Crippen molar-refractivity contribution in [1.29, 1.82) is 0 Å². The summed E-state index contributed by atoms with van der Waals surface area (Å²) in [4.78, 5) is 4.17. The molecule has 1 heterocycles. The third kappa shape index (κ3) is 2.97. The van der Waals surface area contributed by atoms with E-state index in [1.807, 2.05) is 25.1 Å². The van der Waals surface area contributed by atoms with Crippen LogP contribution < -0.4 is 5.32 Å². The minimum absolute atomic E-state index is 0.635. The number of hydrogen-bond donors (Lipinski definition) is 1. The highest BCUT2D eigenvalue weighted by Gasteiger charge is 1.98. The number of nitrogens with zero attached hydrogens (tertiary/aromatic N) is 1. The van der Waals surface area contributed by atoms with Crippen molar-refractivity contribution in [3.63, 3.8) is 0 Å². The normalized spacial score (nSPS) is 10.2. The van der Waals surface area contributed by atoms with E-state index >= 15 is 0 Å². The van der Waals surface area contributed by atoms with Crippen molar-refractivity contribution in [2.45, 2.75) is 6.92 Å². The Kier molecular flexibility index (Phi) is 3.46. The quantitative estimate of drug-likeness (QED) is 0.879. The molecular formula is C12H10BrClN2. The van der Waals surface area contributed by atoms with Crippen LogP contribution in [0.4, 0.5) is 11.5 Å². The fraction of sp³-hybridized carbons (Fsp3) is 0.0833. The zero-order valence-electron chi connectivity index (χ0n) is 8.67. The highest BCUT2D eigenvalue weighted by atomic mass is 79.9. The Morgan fingerprint density at radius 3 is 2.69 bits per heavy atom. The molecular weight excluding hydrogens is 288 g/mol. The summed E-state index contributed by atoms with van der Waals surface area (Å²) in [6, 6.07) is 9.77. The molecule has 0 aliphatic heterocycles. The summed E-state index contributed by atoms with van der Waals surface area (Å²) in [6.45, 7) is 2.05. The second-order valence-corrected chi connectivity index (χ2v) is 4.86. The predicted octanol–water partition coefficient (Wildman–Crippen LogP) is 4.55. The molecule has 0 fully saturated rings. The van der Waals surface area contributed by atoms with Gasteiger partial charge >= 0.3 is 0 Å². The van der Waals surface area contributed by atoms with Crippen LogP contribution in [0.1, 0.15) is 5.56 Å². The van der Waals surface area contributed by atoms with E-state index in [4.69, 9.17) is 11.6 Å². The first kappa shape index (κ1) is 11.4. The Balaban J connectivity index is 2.23. The van der Waals surface area contributed by atoms with E-state index in [2.05, 4.69) is 38.4 Å². The minimum Gasteiger partial charge on any atom is -0.340 e. The summed E-state index contributed by atoms with van der Waals surface area (Å²) < 4.78 is 1.05. The van der Waals surface area contributed by atoms with E-state index in [0.717, 1.165) is 16.0 Å². The molecule has 0 aliphatic rings. The molecule has 0 radical (unpaired) electrons. The number of aromatic nitrogens is 1. The highest BCUT2D eigenvalue weighted by Crippen LogP contribution is 2.22. The van der Waals surface area contributed by atoms with E-state index in [9.17, 15) is 0 Å². The van der Waals surface area contributed by atoms with Crippen molar-refractivity contribution < 1.29 is 0 Å². The lowest BCUT2D eigenvalue weighted by molar-refractivity contribution is 1.30. The summed E-state index contributed by atoms with van der Waals surface area (Å²) in [5.41, 5.74) is 2.19. The minimum atomic E-state index is 0.635. The molecule has 0 aliphatic carbocycles. The van der Waals surface area contributed by atoms with Crippen LogP contribution in [0.3, 0.4) is 0 Å². The molecule has 1 aromatic heterocycles. The summed E-state index contributed by atoms with van der Waals surface area (Å²) in [6.07, 6.45) is 1.62. The monoisotopic (exact) mass is 296 g/mol. The topological polar surface area (TPSA) is 24.9 Å². The van der Waals surface area contributed by atoms with Gasteiger partial charge in [-0.05, 0) is 42.8 Å². The number of aryl methyl sites for hydroxylation is 1. The average molecular weight is 298 g/mol. The van der Waals surface area contributed by atoms with Crippen LogP contribution >= 0.6 is 27.5 Å². The van der Waals surface area contributed by atoms with Gasteiger partial charge in [-0.15, -0.1) is 0 Å². The molecule has 1 aromatic carbocycles. The molecule has 2 rings (SSSR count). The van der Waals surface area contributed by atoms with Crippen LogP contribution in [0.5, 0.6) is 0 Å². The van der Waals surface area contributed by atoms with Gasteiger partial charge in [-0.3, -0.25) is 0 Å². The van der Waals surface area contributed by atoms with Crippen molar-refractivity contribution >= 4 is 39.0 Å². The van der Waals surface area contributed by atoms with Crippen LogP contribution in [0.15, 0.2) is 41.0 Å². The fourth-order valence-corrected chi connectivity index (χ4v) is 2.13. The molecule has 1 N–H and O–H groups in total. The number of nitrogens with one attached hydrogen (secondary N) is 1. The van der Waals surface area contributed by atoms with E-state index in [1.165, 1.54) is 5.56 Å². The van der Waals surface area contributed by atoms with E-state index in [0.29, 0.717) is 5.02 Å². The van der Waals surface area contributed by atoms with Gasteiger partial charge in [0.05, 0.1) is 5.02 Å². The second-order valence-electron chi connectivity index (χ2n) is 3.50. The maximum atomic E-state index is 5.77. The zero-order valence-corrected chi connectivity index (χ0v) is 11.0. The van der Waals surface area contributed by atoms with E-state index in [-0.39, 0.29) is 0 Å². The molecule has 82 valence electrons. The van der Waals surface area contributed by atoms with Crippen molar-refractivity contribution in [3.05, 3.63) is 51.6 Å². The molecule has 4 heteroatoms. The zero-order chi connectivity index (χ0) is 11.5. The molecule has 0 unspecified atom stereocenters. The van der Waals surface area contributed by atoms with Crippen molar-refractivity contribution in [2.24, 2.45) is 0 Å². The highest BCUT2D eigenvalue weighted by molar-refractivity contribution is 9.10. The third-order valence-corrected chi connectivity index (χ3v) is 2.72. The largest absolute Gasteiger partial charge is 0.340 e. The van der Waals surface area contributed by atoms with Gasteiger partial charge < -0.3 is 5.32 Å². The standard InChI is InChI=1S/C12H10BrClN2/c1-8-4-9(13)6-11(5-8)16-12-3-2-10(14)7-15-12/h2-7H,1H3,(H,15,16). The molecule has 0 spiro atoms. The van der Waals surface area contributed by atoms with Crippen LogP contribution in [-0.2, 0) is 0 Å². The molecule has 2 nitrogen and oxygen atoms in total. The van der Waals surface area contributed by atoms with Gasteiger partial charge in [0.1, 0.15) is 5.82 Å². The van der Waals surface area contributed by atoms with Crippen molar-refractivity contribution in [1.82, 2.24) is 4.98 Å². The van der Waals surface area contributed by atoms with Gasteiger partial charge in [0, 0.05) is 16.4 Å². The van der Waals surface area contributed by atoms with Gasteiger partial charge in [0.25, 0.3) is 0 Å². The first-order valence-electron chi connectivity index (χ1n) is 4.79. The molecule has 2 aromatic rings. The molecule has 0 atom stereocenters. The third-order valence-electron chi connectivity index (χ3n) is 2.04. The first-order valence-corrected chi connectivity index (χ1v) is 5.96. The van der Waals surface area contributed by atoms with Crippen molar-refractivity contribution in [3.8, 4) is 0 Å².